The largest absolute Gasteiger partial charge is 0.478 e. The van der Waals surface area contributed by atoms with Crippen LogP contribution < -0.4 is 5.32 Å². The molecule has 0 radical (unpaired) electrons. The monoisotopic (exact) mass is 340 g/mol. The van der Waals surface area contributed by atoms with Crippen LogP contribution >= 0.6 is 0 Å². The number of nitrogens with one attached hydrogen (secondary N) is 2. The zero-order valence-electron chi connectivity index (χ0n) is 10.8. The van der Waals surface area contributed by atoms with Gasteiger partial charge >= 0.3 is 24.2 Å². The molecule has 0 saturated carbocycles. The first-order valence-corrected chi connectivity index (χ1v) is 5.75. The summed E-state index contributed by atoms with van der Waals surface area (Å²) >= 11 is 0. The first-order valence-electron chi connectivity index (χ1n) is 5.75. The molecule has 0 aliphatic heterocycles. The third kappa shape index (κ3) is 3.22. The SMILES string of the molecule is O=C(O)c1c(NC(=O)C(F)(F)F)[nH]c2cc(C(F)(F)F)ccc12. The molecule has 11 heteroatoms. The Morgan fingerprint density at radius 1 is 1.09 bits per heavy atom. The Kier molecular flexibility index (Phi) is 3.75. The molecular formula is C12H6F6N2O3. The summed E-state index contributed by atoms with van der Waals surface area (Å²) in [5, 5.41) is 10.0. The van der Waals surface area contributed by atoms with Crippen molar-refractivity contribution >= 4 is 28.6 Å². The van der Waals surface area contributed by atoms with E-state index in [1.807, 2.05) is 4.98 Å². The molecule has 1 aromatic carbocycles. The average Bonchev–Trinajstić information content (AvgIpc) is 2.73. The Balaban J connectivity index is 2.59. The van der Waals surface area contributed by atoms with E-state index in [0.717, 1.165) is 6.07 Å². The normalized spacial score (nSPS) is 12.4. The van der Waals surface area contributed by atoms with E-state index in [1.54, 1.807) is 0 Å². The molecule has 1 heterocycles. The minimum absolute atomic E-state index is 0.275. The molecule has 0 aliphatic carbocycles. The zero-order chi connectivity index (χ0) is 17.6. The number of carbonyl (C=O) groups excluding carboxylic acids is 1. The van der Waals surface area contributed by atoms with Crippen LogP contribution in [0.25, 0.3) is 10.9 Å². The molecule has 0 unspecified atom stereocenters. The van der Waals surface area contributed by atoms with E-state index in [1.165, 1.54) is 5.32 Å². The lowest BCUT2D eigenvalue weighted by Crippen LogP contribution is -2.30. The molecule has 2 aromatic rings. The van der Waals surface area contributed by atoms with Crippen molar-refractivity contribution in [3.05, 3.63) is 29.3 Å². The summed E-state index contributed by atoms with van der Waals surface area (Å²) in [5.41, 5.74) is -2.28. The van der Waals surface area contributed by atoms with Gasteiger partial charge in [0.25, 0.3) is 0 Å². The highest BCUT2D eigenvalue weighted by atomic mass is 19.4. The summed E-state index contributed by atoms with van der Waals surface area (Å²) in [7, 11) is 0. The summed E-state index contributed by atoms with van der Waals surface area (Å²) in [6.07, 6.45) is -10.0. The quantitative estimate of drug-likeness (QED) is 0.733. The van der Waals surface area contributed by atoms with Crippen LogP contribution in [0.1, 0.15) is 15.9 Å². The predicted octanol–water partition coefficient (Wildman–Crippen LogP) is 3.39. The molecular weight excluding hydrogens is 334 g/mol. The number of hydrogen-bond donors (Lipinski definition) is 3. The van der Waals surface area contributed by atoms with Gasteiger partial charge in [-0.3, -0.25) is 4.79 Å². The maximum Gasteiger partial charge on any atom is 0.471 e. The number of halogens is 6. The van der Waals surface area contributed by atoms with Crippen LogP contribution in [0.4, 0.5) is 32.2 Å². The lowest BCUT2D eigenvalue weighted by Gasteiger charge is -2.06. The van der Waals surface area contributed by atoms with Crippen molar-refractivity contribution in [2.75, 3.05) is 5.32 Å². The number of carboxylic acids is 1. The van der Waals surface area contributed by atoms with Gasteiger partial charge in [0.05, 0.1) is 5.56 Å². The Hall–Kier alpha value is -2.72. The smallest absolute Gasteiger partial charge is 0.471 e. The number of benzene rings is 1. The molecule has 2 rings (SSSR count). The van der Waals surface area contributed by atoms with Gasteiger partial charge in [-0.05, 0) is 12.1 Å². The number of rotatable bonds is 2. The fraction of sp³-hybridized carbons (Fsp3) is 0.167. The van der Waals surface area contributed by atoms with Crippen LogP contribution in [0.3, 0.4) is 0 Å². The van der Waals surface area contributed by atoms with Gasteiger partial charge in [0.1, 0.15) is 11.4 Å². The zero-order valence-corrected chi connectivity index (χ0v) is 10.8. The summed E-state index contributed by atoms with van der Waals surface area (Å²) < 4.78 is 74.5. The van der Waals surface area contributed by atoms with Gasteiger partial charge in [-0.2, -0.15) is 26.3 Å². The molecule has 0 bridgehead atoms. The molecule has 124 valence electrons. The number of fused-ring (bicyclic) bond motifs is 1. The van der Waals surface area contributed by atoms with Crippen molar-refractivity contribution in [2.24, 2.45) is 0 Å². The molecule has 1 amide bonds. The van der Waals surface area contributed by atoms with Crippen LogP contribution in [0.15, 0.2) is 18.2 Å². The van der Waals surface area contributed by atoms with Gasteiger partial charge in [0.2, 0.25) is 0 Å². The van der Waals surface area contributed by atoms with Crippen molar-refractivity contribution in [2.45, 2.75) is 12.4 Å². The Bertz CT molecular complexity index is 790. The fourth-order valence-electron chi connectivity index (χ4n) is 1.87. The standard InChI is InChI=1S/C12H6F6N2O3/c13-11(14,15)4-1-2-5-6(3-4)19-8(7(5)9(21)22)20-10(23)12(16,17)18/h1-3,19H,(H,20,23)(H,21,22). The highest BCUT2D eigenvalue weighted by molar-refractivity contribution is 6.11. The van der Waals surface area contributed by atoms with Crippen molar-refractivity contribution in [3.63, 3.8) is 0 Å². The van der Waals surface area contributed by atoms with E-state index < -0.39 is 41.2 Å². The Morgan fingerprint density at radius 3 is 2.17 bits per heavy atom. The molecule has 23 heavy (non-hydrogen) atoms. The molecule has 1 aromatic heterocycles. The molecule has 0 atom stereocenters. The van der Waals surface area contributed by atoms with Gasteiger partial charge in [0, 0.05) is 10.9 Å². The van der Waals surface area contributed by atoms with Gasteiger partial charge < -0.3 is 15.4 Å². The highest BCUT2D eigenvalue weighted by Gasteiger charge is 2.40. The maximum atomic E-state index is 12.6. The number of carbonyl (C=O) groups is 2. The van der Waals surface area contributed by atoms with Gasteiger partial charge in [-0.1, -0.05) is 6.07 Å². The number of alkyl halides is 6. The van der Waals surface area contributed by atoms with Crippen molar-refractivity contribution < 1.29 is 41.0 Å². The molecule has 0 spiro atoms. The van der Waals surface area contributed by atoms with E-state index in [0.29, 0.717) is 12.1 Å². The van der Waals surface area contributed by atoms with Crippen LogP contribution in [0.5, 0.6) is 0 Å². The molecule has 0 fully saturated rings. The topological polar surface area (TPSA) is 82.2 Å². The summed E-state index contributed by atoms with van der Waals surface area (Å²) in [6.45, 7) is 0. The fourth-order valence-corrected chi connectivity index (χ4v) is 1.87. The number of anilines is 1. The summed E-state index contributed by atoms with van der Waals surface area (Å²) in [4.78, 5) is 24.1. The van der Waals surface area contributed by atoms with E-state index in [4.69, 9.17) is 5.11 Å². The lowest BCUT2D eigenvalue weighted by atomic mass is 10.1. The molecule has 5 nitrogen and oxygen atoms in total. The second-order valence-electron chi connectivity index (χ2n) is 4.39. The van der Waals surface area contributed by atoms with E-state index in [-0.39, 0.29) is 10.9 Å². The Labute approximate surface area is 122 Å². The van der Waals surface area contributed by atoms with E-state index in [9.17, 15) is 35.9 Å². The van der Waals surface area contributed by atoms with Crippen LogP contribution in [-0.2, 0) is 11.0 Å². The van der Waals surface area contributed by atoms with Gasteiger partial charge in [0.15, 0.2) is 0 Å². The predicted molar refractivity (Wildman–Crippen MR) is 64.9 cm³/mol. The number of amides is 1. The molecule has 3 N–H and O–H groups in total. The van der Waals surface area contributed by atoms with E-state index >= 15 is 0 Å². The maximum absolute atomic E-state index is 12.6. The number of aromatic carboxylic acids is 1. The number of aromatic nitrogens is 1. The lowest BCUT2D eigenvalue weighted by molar-refractivity contribution is -0.167. The Morgan fingerprint density at radius 2 is 1.70 bits per heavy atom. The molecule has 0 aliphatic rings. The second-order valence-corrected chi connectivity index (χ2v) is 4.39. The second kappa shape index (κ2) is 5.18. The van der Waals surface area contributed by atoms with Crippen molar-refractivity contribution in [3.8, 4) is 0 Å². The first kappa shape index (κ1) is 16.6. The summed E-state index contributed by atoms with van der Waals surface area (Å²) in [6, 6.07) is 1.91. The highest BCUT2D eigenvalue weighted by Crippen LogP contribution is 2.34. The van der Waals surface area contributed by atoms with Gasteiger partial charge in [-0.25, -0.2) is 4.79 Å². The third-order valence-electron chi connectivity index (χ3n) is 2.84. The van der Waals surface area contributed by atoms with Gasteiger partial charge in [-0.15, -0.1) is 0 Å². The third-order valence-corrected chi connectivity index (χ3v) is 2.84. The number of carboxylic acid groups (broad SMARTS) is 1. The minimum atomic E-state index is -5.29. The summed E-state index contributed by atoms with van der Waals surface area (Å²) in [5.74, 6) is -5.02. The number of H-pyrrole nitrogens is 1. The van der Waals surface area contributed by atoms with Crippen LogP contribution in [0, 0.1) is 0 Å². The van der Waals surface area contributed by atoms with E-state index in [2.05, 4.69) is 0 Å². The number of hydrogen-bond acceptors (Lipinski definition) is 2. The first-order chi connectivity index (χ1) is 10.4. The minimum Gasteiger partial charge on any atom is -0.478 e. The van der Waals surface area contributed by atoms with Crippen molar-refractivity contribution in [1.82, 2.24) is 4.98 Å². The van der Waals surface area contributed by atoms with Crippen LogP contribution in [-0.4, -0.2) is 28.1 Å². The number of aromatic amines is 1. The average molecular weight is 340 g/mol. The van der Waals surface area contributed by atoms with Crippen molar-refractivity contribution in [1.29, 1.82) is 0 Å². The molecule has 0 saturated heterocycles. The van der Waals surface area contributed by atoms with Crippen LogP contribution in [0.2, 0.25) is 0 Å².